The molecule has 1 atom stereocenters. The number of likely N-dealkylation sites (N-methyl/N-ethyl adjacent to an activating group) is 1. The third-order valence-corrected chi connectivity index (χ3v) is 7.05. The van der Waals surface area contributed by atoms with Crippen LogP contribution in [-0.4, -0.2) is 35.0 Å². The highest BCUT2D eigenvalue weighted by molar-refractivity contribution is 5.85. The van der Waals surface area contributed by atoms with E-state index < -0.39 is 0 Å². The number of aromatic nitrogens is 2. The average Bonchev–Trinajstić information content (AvgIpc) is 2.91. The third-order valence-electron chi connectivity index (χ3n) is 7.05. The van der Waals surface area contributed by atoms with Gasteiger partial charge in [0.05, 0.1) is 5.69 Å². The Kier molecular flexibility index (Phi) is 8.91. The topological polar surface area (TPSA) is 41.0 Å². The predicted octanol–water partition coefficient (Wildman–Crippen LogP) is 7.41. The maximum Gasteiger partial charge on any atom is 0.227 e. The number of hydrogen-bond donors (Lipinski definition) is 1. The van der Waals surface area contributed by atoms with Gasteiger partial charge in [-0.25, -0.2) is 14.4 Å². The molecule has 192 valence electrons. The van der Waals surface area contributed by atoms with Gasteiger partial charge in [-0.1, -0.05) is 67.9 Å². The van der Waals surface area contributed by atoms with E-state index in [1.54, 1.807) is 6.07 Å². The zero-order valence-corrected chi connectivity index (χ0v) is 22.3. The SMILES string of the molecule is CCCCN(C)CCc1ccc(Nc2ncc3c(n2)-c2ccccc2[C@H](c2ccccc2F)C3)cc1.Cl. The molecule has 1 aliphatic rings. The Balaban J connectivity index is 0.00000320. The number of rotatable bonds is 9. The minimum absolute atomic E-state index is 0. The molecule has 4 aromatic rings. The Morgan fingerprint density at radius 2 is 1.68 bits per heavy atom. The molecular weight excluding hydrogens is 483 g/mol. The Labute approximate surface area is 225 Å². The number of fused-ring (bicyclic) bond motifs is 3. The summed E-state index contributed by atoms with van der Waals surface area (Å²) in [6.45, 7) is 4.44. The van der Waals surface area contributed by atoms with Crippen LogP contribution in [0.25, 0.3) is 11.3 Å². The van der Waals surface area contributed by atoms with Crippen molar-refractivity contribution in [2.24, 2.45) is 0 Å². The van der Waals surface area contributed by atoms with E-state index in [0.717, 1.165) is 53.1 Å². The Morgan fingerprint density at radius 3 is 2.43 bits per heavy atom. The first-order valence-corrected chi connectivity index (χ1v) is 12.9. The molecule has 5 rings (SSSR count). The molecule has 37 heavy (non-hydrogen) atoms. The van der Waals surface area contributed by atoms with Gasteiger partial charge in [-0.05, 0) is 73.3 Å². The van der Waals surface area contributed by atoms with Crippen LogP contribution in [0, 0.1) is 5.82 Å². The van der Waals surface area contributed by atoms with Gasteiger partial charge < -0.3 is 10.2 Å². The summed E-state index contributed by atoms with van der Waals surface area (Å²) in [6.07, 6.45) is 6.07. The van der Waals surface area contributed by atoms with Crippen LogP contribution in [0.1, 0.15) is 47.9 Å². The molecule has 0 saturated carbocycles. The van der Waals surface area contributed by atoms with Crippen molar-refractivity contribution in [3.05, 3.63) is 107 Å². The van der Waals surface area contributed by atoms with Crippen molar-refractivity contribution in [1.82, 2.24) is 14.9 Å². The zero-order valence-electron chi connectivity index (χ0n) is 21.5. The molecule has 0 radical (unpaired) electrons. The highest BCUT2D eigenvalue weighted by Gasteiger charge is 2.28. The molecule has 0 amide bonds. The van der Waals surface area contributed by atoms with Crippen LogP contribution < -0.4 is 5.32 Å². The minimum Gasteiger partial charge on any atom is -0.324 e. The highest BCUT2D eigenvalue weighted by Crippen LogP contribution is 2.42. The summed E-state index contributed by atoms with van der Waals surface area (Å²) in [5.41, 5.74) is 7.11. The first kappa shape index (κ1) is 26.8. The summed E-state index contributed by atoms with van der Waals surface area (Å²) in [5.74, 6) is 0.349. The Hall–Kier alpha value is -3.28. The van der Waals surface area contributed by atoms with Crippen molar-refractivity contribution < 1.29 is 4.39 Å². The molecule has 1 aromatic heterocycles. The first-order valence-electron chi connectivity index (χ1n) is 12.9. The second-order valence-corrected chi connectivity index (χ2v) is 9.66. The molecule has 1 heterocycles. The highest BCUT2D eigenvalue weighted by atomic mass is 35.5. The van der Waals surface area contributed by atoms with Gasteiger partial charge in [0, 0.05) is 29.9 Å². The quantitative estimate of drug-likeness (QED) is 0.251. The van der Waals surface area contributed by atoms with Crippen LogP contribution in [0.15, 0.2) is 79.0 Å². The molecule has 0 bridgehead atoms. The second kappa shape index (κ2) is 12.3. The molecular formula is C31H34ClFN4. The van der Waals surface area contributed by atoms with Crippen molar-refractivity contribution in [3.8, 4) is 11.3 Å². The summed E-state index contributed by atoms with van der Waals surface area (Å²) < 4.78 is 14.7. The normalized spacial score (nSPS) is 14.0. The summed E-state index contributed by atoms with van der Waals surface area (Å²) in [6, 6.07) is 23.8. The number of nitrogens with one attached hydrogen (secondary N) is 1. The van der Waals surface area contributed by atoms with Crippen LogP contribution in [0.2, 0.25) is 0 Å². The summed E-state index contributed by atoms with van der Waals surface area (Å²) in [4.78, 5) is 11.9. The van der Waals surface area contributed by atoms with E-state index >= 15 is 0 Å². The van der Waals surface area contributed by atoms with E-state index in [1.807, 2.05) is 30.5 Å². The fraction of sp³-hybridized carbons (Fsp3) is 0.290. The van der Waals surface area contributed by atoms with E-state index in [-0.39, 0.29) is 24.1 Å². The minimum atomic E-state index is -0.170. The molecule has 0 unspecified atom stereocenters. The summed E-state index contributed by atoms with van der Waals surface area (Å²) in [7, 11) is 2.19. The van der Waals surface area contributed by atoms with E-state index in [2.05, 4.69) is 65.6 Å². The smallest absolute Gasteiger partial charge is 0.227 e. The standard InChI is InChI=1S/C31H33FN4.ClH/c1-3-4-18-36(2)19-17-22-13-15-24(16-14-22)34-31-33-21-23-20-28(26-10-7-8-12-29(26)32)25-9-5-6-11-27(25)30(23)35-31;/h5-16,21,28H,3-4,17-20H2,1-2H3,(H,33,34,35);1H/t28-;/m1./s1. The van der Waals surface area contributed by atoms with Crippen molar-refractivity contribution in [1.29, 1.82) is 0 Å². The van der Waals surface area contributed by atoms with Crippen molar-refractivity contribution in [3.63, 3.8) is 0 Å². The Bertz CT molecular complexity index is 1330. The zero-order chi connectivity index (χ0) is 24.9. The van der Waals surface area contributed by atoms with Gasteiger partial charge in [-0.15, -0.1) is 12.4 Å². The number of halogens is 2. The van der Waals surface area contributed by atoms with Gasteiger partial charge in [-0.2, -0.15) is 0 Å². The van der Waals surface area contributed by atoms with Crippen LogP contribution >= 0.6 is 12.4 Å². The van der Waals surface area contributed by atoms with Gasteiger partial charge in [0.15, 0.2) is 0 Å². The average molecular weight is 517 g/mol. The number of benzene rings is 3. The van der Waals surface area contributed by atoms with Crippen molar-refractivity contribution >= 4 is 24.0 Å². The van der Waals surface area contributed by atoms with Gasteiger partial charge in [-0.3, -0.25) is 0 Å². The Morgan fingerprint density at radius 1 is 0.946 bits per heavy atom. The number of hydrogen-bond acceptors (Lipinski definition) is 4. The van der Waals surface area contributed by atoms with Crippen molar-refractivity contribution in [2.75, 3.05) is 25.5 Å². The van der Waals surface area contributed by atoms with Gasteiger partial charge in [0.25, 0.3) is 0 Å². The number of anilines is 2. The van der Waals surface area contributed by atoms with Gasteiger partial charge in [0.1, 0.15) is 5.82 Å². The monoisotopic (exact) mass is 516 g/mol. The predicted molar refractivity (Wildman–Crippen MR) is 152 cm³/mol. The molecule has 1 aliphatic carbocycles. The van der Waals surface area contributed by atoms with E-state index in [9.17, 15) is 4.39 Å². The van der Waals surface area contributed by atoms with Crippen LogP contribution in [0.5, 0.6) is 0 Å². The summed E-state index contributed by atoms with van der Waals surface area (Å²) in [5, 5.41) is 3.36. The first-order chi connectivity index (χ1) is 17.6. The van der Waals surface area contributed by atoms with Crippen LogP contribution in [-0.2, 0) is 12.8 Å². The van der Waals surface area contributed by atoms with E-state index in [0.29, 0.717) is 12.4 Å². The number of unbranched alkanes of at least 4 members (excludes halogenated alkanes) is 1. The van der Waals surface area contributed by atoms with Crippen LogP contribution in [0.4, 0.5) is 16.0 Å². The molecule has 0 aliphatic heterocycles. The van der Waals surface area contributed by atoms with E-state index in [1.165, 1.54) is 24.5 Å². The van der Waals surface area contributed by atoms with Crippen molar-refractivity contribution in [2.45, 2.75) is 38.5 Å². The maximum atomic E-state index is 14.7. The molecule has 0 spiro atoms. The molecule has 4 nitrogen and oxygen atoms in total. The fourth-order valence-corrected chi connectivity index (χ4v) is 4.97. The molecule has 6 heteroatoms. The third kappa shape index (κ3) is 6.17. The molecule has 0 fully saturated rings. The van der Waals surface area contributed by atoms with E-state index in [4.69, 9.17) is 4.98 Å². The lowest BCUT2D eigenvalue weighted by molar-refractivity contribution is 0.332. The molecule has 1 N–H and O–H groups in total. The maximum absolute atomic E-state index is 14.7. The lowest BCUT2D eigenvalue weighted by Crippen LogP contribution is -2.22. The fourth-order valence-electron chi connectivity index (χ4n) is 4.97. The number of nitrogens with zero attached hydrogens (tertiary/aromatic N) is 3. The largest absolute Gasteiger partial charge is 0.324 e. The summed E-state index contributed by atoms with van der Waals surface area (Å²) >= 11 is 0. The lowest BCUT2D eigenvalue weighted by atomic mass is 9.78. The molecule has 3 aromatic carbocycles. The molecule has 0 saturated heterocycles. The second-order valence-electron chi connectivity index (χ2n) is 9.66. The van der Waals surface area contributed by atoms with Crippen LogP contribution in [0.3, 0.4) is 0 Å². The lowest BCUT2D eigenvalue weighted by Gasteiger charge is -2.27. The van der Waals surface area contributed by atoms with Gasteiger partial charge in [0.2, 0.25) is 5.95 Å². The van der Waals surface area contributed by atoms with Gasteiger partial charge >= 0.3 is 0 Å².